The van der Waals surface area contributed by atoms with Crippen molar-refractivity contribution in [3.8, 4) is 0 Å². The molecule has 0 aliphatic rings. The molecule has 0 spiro atoms. The van der Waals surface area contributed by atoms with Gasteiger partial charge < -0.3 is 5.32 Å². The Kier molecular flexibility index (Phi) is 3.47. The largest absolute Gasteiger partial charge is 0.323 e. The molecule has 1 amide bonds. The molecular formula is C12H12N4O2. The van der Waals surface area contributed by atoms with Crippen molar-refractivity contribution < 1.29 is 4.79 Å². The van der Waals surface area contributed by atoms with Crippen molar-refractivity contribution in [3.05, 3.63) is 53.0 Å². The maximum atomic E-state index is 11.7. The standard InChI is InChI=1S/C12H12N4O2/c1-9-5-12(18)16(8-14-9)7-11(17)15-10-3-2-4-13-6-10/h2-6,8H,7H2,1H3,(H,15,17). The van der Waals surface area contributed by atoms with Crippen LogP contribution >= 0.6 is 0 Å². The van der Waals surface area contributed by atoms with Crippen molar-refractivity contribution >= 4 is 11.6 Å². The molecule has 0 aromatic carbocycles. The first-order chi connectivity index (χ1) is 8.65. The zero-order chi connectivity index (χ0) is 13.0. The Bertz CT molecular complexity index is 607. The second kappa shape index (κ2) is 5.22. The predicted octanol–water partition coefficient (Wildman–Crippen LogP) is 0.585. The minimum absolute atomic E-state index is 0.0684. The number of hydrogen-bond acceptors (Lipinski definition) is 4. The van der Waals surface area contributed by atoms with Gasteiger partial charge in [0.15, 0.2) is 0 Å². The summed E-state index contributed by atoms with van der Waals surface area (Å²) in [6.45, 7) is 1.66. The summed E-state index contributed by atoms with van der Waals surface area (Å²) in [7, 11) is 0. The molecule has 0 bridgehead atoms. The summed E-state index contributed by atoms with van der Waals surface area (Å²) >= 11 is 0. The molecule has 0 fully saturated rings. The molecule has 0 saturated heterocycles. The van der Waals surface area contributed by atoms with E-state index in [-0.39, 0.29) is 18.0 Å². The van der Waals surface area contributed by atoms with Gasteiger partial charge in [-0.15, -0.1) is 0 Å². The topological polar surface area (TPSA) is 76.9 Å². The van der Waals surface area contributed by atoms with Crippen molar-refractivity contribution in [2.24, 2.45) is 0 Å². The first-order valence-corrected chi connectivity index (χ1v) is 5.38. The summed E-state index contributed by atoms with van der Waals surface area (Å²) in [6, 6.07) is 4.83. The number of rotatable bonds is 3. The Morgan fingerprint density at radius 3 is 3.00 bits per heavy atom. The van der Waals surface area contributed by atoms with Gasteiger partial charge in [-0.05, 0) is 19.1 Å². The number of carbonyl (C=O) groups excluding carboxylic acids is 1. The van der Waals surface area contributed by atoms with Gasteiger partial charge in [-0.2, -0.15) is 0 Å². The van der Waals surface area contributed by atoms with E-state index in [9.17, 15) is 9.59 Å². The van der Waals surface area contributed by atoms with E-state index in [1.54, 1.807) is 25.3 Å². The molecule has 92 valence electrons. The molecule has 6 heteroatoms. The van der Waals surface area contributed by atoms with Gasteiger partial charge >= 0.3 is 0 Å². The van der Waals surface area contributed by atoms with E-state index >= 15 is 0 Å². The van der Waals surface area contributed by atoms with Crippen LogP contribution in [0.4, 0.5) is 5.69 Å². The van der Waals surface area contributed by atoms with Gasteiger partial charge in [0.05, 0.1) is 18.2 Å². The Hall–Kier alpha value is -2.50. The smallest absolute Gasteiger partial charge is 0.253 e. The maximum absolute atomic E-state index is 11.7. The van der Waals surface area contributed by atoms with Crippen LogP contribution in [0.1, 0.15) is 5.69 Å². The lowest BCUT2D eigenvalue weighted by molar-refractivity contribution is -0.116. The zero-order valence-electron chi connectivity index (χ0n) is 9.83. The van der Waals surface area contributed by atoms with Crippen LogP contribution < -0.4 is 10.9 Å². The van der Waals surface area contributed by atoms with E-state index in [1.807, 2.05) is 0 Å². The van der Waals surface area contributed by atoms with E-state index < -0.39 is 0 Å². The van der Waals surface area contributed by atoms with Crippen LogP contribution in [0.3, 0.4) is 0 Å². The third-order valence-electron chi connectivity index (χ3n) is 2.28. The number of nitrogens with one attached hydrogen (secondary N) is 1. The number of nitrogens with zero attached hydrogens (tertiary/aromatic N) is 3. The Labute approximate surface area is 103 Å². The van der Waals surface area contributed by atoms with Crippen molar-refractivity contribution in [3.63, 3.8) is 0 Å². The summed E-state index contributed by atoms with van der Waals surface area (Å²) < 4.78 is 1.25. The Morgan fingerprint density at radius 2 is 2.33 bits per heavy atom. The summed E-state index contributed by atoms with van der Waals surface area (Å²) in [6.07, 6.45) is 4.51. The van der Waals surface area contributed by atoms with Gasteiger partial charge in [0.25, 0.3) is 5.56 Å². The molecule has 0 saturated carbocycles. The molecule has 0 radical (unpaired) electrons. The fraction of sp³-hybridized carbons (Fsp3) is 0.167. The summed E-state index contributed by atoms with van der Waals surface area (Å²) in [5.74, 6) is -0.296. The van der Waals surface area contributed by atoms with Gasteiger partial charge in [0.1, 0.15) is 6.54 Å². The molecule has 1 N–H and O–H groups in total. The molecule has 0 aliphatic carbocycles. The highest BCUT2D eigenvalue weighted by Crippen LogP contribution is 2.02. The van der Waals surface area contributed by atoms with Gasteiger partial charge in [-0.3, -0.25) is 19.1 Å². The van der Waals surface area contributed by atoms with Crippen molar-refractivity contribution in [1.82, 2.24) is 14.5 Å². The highest BCUT2D eigenvalue weighted by molar-refractivity contribution is 5.90. The molecule has 0 unspecified atom stereocenters. The minimum Gasteiger partial charge on any atom is -0.323 e. The second-order valence-electron chi connectivity index (χ2n) is 3.79. The van der Waals surface area contributed by atoms with Crippen LogP contribution in [0.5, 0.6) is 0 Å². The molecule has 2 aromatic heterocycles. The monoisotopic (exact) mass is 244 g/mol. The molecular weight excluding hydrogens is 232 g/mol. The van der Waals surface area contributed by atoms with Crippen LogP contribution in [-0.2, 0) is 11.3 Å². The first-order valence-electron chi connectivity index (χ1n) is 5.38. The second-order valence-corrected chi connectivity index (χ2v) is 3.79. The average molecular weight is 244 g/mol. The normalized spacial score (nSPS) is 10.1. The molecule has 0 atom stereocenters. The third kappa shape index (κ3) is 3.00. The summed E-state index contributed by atoms with van der Waals surface area (Å²) in [5.41, 5.74) is 0.975. The zero-order valence-corrected chi connectivity index (χ0v) is 9.83. The fourth-order valence-corrected chi connectivity index (χ4v) is 1.43. The Balaban J connectivity index is 2.06. The number of carbonyl (C=O) groups is 1. The van der Waals surface area contributed by atoms with E-state index in [1.165, 1.54) is 23.2 Å². The average Bonchev–Trinajstić information content (AvgIpc) is 2.34. The highest BCUT2D eigenvalue weighted by Gasteiger charge is 2.05. The number of hydrogen-bond donors (Lipinski definition) is 1. The summed E-state index contributed by atoms with van der Waals surface area (Å²) in [5, 5.41) is 2.64. The van der Waals surface area contributed by atoms with Crippen LogP contribution in [0.2, 0.25) is 0 Å². The van der Waals surface area contributed by atoms with Crippen molar-refractivity contribution in [2.45, 2.75) is 13.5 Å². The molecule has 6 nitrogen and oxygen atoms in total. The summed E-state index contributed by atoms with van der Waals surface area (Å²) in [4.78, 5) is 31.1. The SMILES string of the molecule is Cc1cc(=O)n(CC(=O)Nc2cccnc2)cn1. The van der Waals surface area contributed by atoms with E-state index in [4.69, 9.17) is 0 Å². The quantitative estimate of drug-likeness (QED) is 0.857. The lowest BCUT2D eigenvalue weighted by atomic mass is 10.4. The van der Waals surface area contributed by atoms with Gasteiger partial charge in [0.2, 0.25) is 5.91 Å². The van der Waals surface area contributed by atoms with E-state index in [0.717, 1.165) is 0 Å². The molecule has 2 aromatic rings. The number of pyridine rings is 1. The lowest BCUT2D eigenvalue weighted by Crippen LogP contribution is -2.27. The maximum Gasteiger partial charge on any atom is 0.253 e. The third-order valence-corrected chi connectivity index (χ3v) is 2.28. The van der Waals surface area contributed by atoms with Crippen LogP contribution in [0, 0.1) is 6.92 Å². The fourth-order valence-electron chi connectivity index (χ4n) is 1.43. The minimum atomic E-state index is -0.296. The molecule has 2 heterocycles. The lowest BCUT2D eigenvalue weighted by Gasteiger charge is -2.06. The number of aryl methyl sites for hydroxylation is 1. The van der Waals surface area contributed by atoms with E-state index in [0.29, 0.717) is 11.4 Å². The number of aromatic nitrogens is 3. The first kappa shape index (κ1) is 12.0. The number of anilines is 1. The van der Waals surface area contributed by atoms with Crippen LogP contribution in [0.25, 0.3) is 0 Å². The van der Waals surface area contributed by atoms with Crippen LogP contribution in [-0.4, -0.2) is 20.4 Å². The Morgan fingerprint density at radius 1 is 1.50 bits per heavy atom. The van der Waals surface area contributed by atoms with Crippen LogP contribution in [0.15, 0.2) is 41.7 Å². The van der Waals surface area contributed by atoms with Gasteiger partial charge in [-0.1, -0.05) is 0 Å². The molecule has 2 rings (SSSR count). The van der Waals surface area contributed by atoms with Crippen molar-refractivity contribution in [2.75, 3.05) is 5.32 Å². The van der Waals surface area contributed by atoms with Gasteiger partial charge in [-0.25, -0.2) is 4.98 Å². The van der Waals surface area contributed by atoms with E-state index in [2.05, 4.69) is 15.3 Å². The van der Waals surface area contributed by atoms with Crippen molar-refractivity contribution in [1.29, 1.82) is 0 Å². The highest BCUT2D eigenvalue weighted by atomic mass is 16.2. The predicted molar refractivity (Wildman–Crippen MR) is 66.1 cm³/mol. The number of amides is 1. The molecule has 0 aliphatic heterocycles. The van der Waals surface area contributed by atoms with Gasteiger partial charge in [0, 0.05) is 18.0 Å². The molecule has 18 heavy (non-hydrogen) atoms.